The molecule has 10 heteroatoms. The lowest BCUT2D eigenvalue weighted by Crippen LogP contribution is -2.63. The SMILES string of the molecule is COCCN1CCN(C(=Nc2ccc3c(=O)n(CCc4ccc(OC)cc4F)cnc3c2)NC2C[C@H]3C[C@H]([C@H]2C)C3(C)C)CC1. The number of aromatic nitrogens is 2. The lowest BCUT2D eigenvalue weighted by Gasteiger charge is -2.62. The number of piperazine rings is 1. The topological polar surface area (TPSA) is 84.2 Å². The number of guanidine groups is 1. The van der Waals surface area contributed by atoms with Gasteiger partial charge in [-0.05, 0) is 72.3 Å². The van der Waals surface area contributed by atoms with Gasteiger partial charge in [-0.15, -0.1) is 0 Å². The molecule has 1 unspecified atom stereocenters. The van der Waals surface area contributed by atoms with Gasteiger partial charge in [0.15, 0.2) is 5.96 Å². The summed E-state index contributed by atoms with van der Waals surface area (Å²) in [5.74, 6) is 3.08. The van der Waals surface area contributed by atoms with Gasteiger partial charge in [0.1, 0.15) is 11.6 Å². The van der Waals surface area contributed by atoms with E-state index in [0.717, 1.165) is 69.2 Å². The van der Waals surface area contributed by atoms with Crippen molar-refractivity contribution in [1.29, 1.82) is 0 Å². The second kappa shape index (κ2) is 13.1. The number of rotatable bonds is 9. The number of ether oxygens (including phenoxy) is 2. The fraction of sp³-hybridized carbons (Fsp3) is 0.571. The molecule has 242 valence electrons. The maximum Gasteiger partial charge on any atom is 0.261 e. The summed E-state index contributed by atoms with van der Waals surface area (Å²) in [5, 5.41) is 4.43. The van der Waals surface area contributed by atoms with Crippen molar-refractivity contribution in [2.24, 2.45) is 28.2 Å². The Morgan fingerprint density at radius 1 is 1.09 bits per heavy atom. The third-order valence-electron chi connectivity index (χ3n) is 10.9. The van der Waals surface area contributed by atoms with E-state index in [2.05, 4.69) is 40.9 Å². The van der Waals surface area contributed by atoms with Crippen LogP contribution in [0.4, 0.5) is 10.1 Å². The Morgan fingerprint density at radius 3 is 2.58 bits per heavy atom. The van der Waals surface area contributed by atoms with Crippen molar-refractivity contribution in [2.75, 3.05) is 53.6 Å². The van der Waals surface area contributed by atoms with Crippen LogP contribution in [0.1, 0.15) is 39.2 Å². The largest absolute Gasteiger partial charge is 0.497 e. The Morgan fingerprint density at radius 2 is 1.89 bits per heavy atom. The van der Waals surface area contributed by atoms with E-state index in [1.54, 1.807) is 30.1 Å². The van der Waals surface area contributed by atoms with Gasteiger partial charge in [0.25, 0.3) is 5.56 Å². The molecule has 2 aromatic carbocycles. The van der Waals surface area contributed by atoms with Crippen LogP contribution in [0.2, 0.25) is 0 Å². The van der Waals surface area contributed by atoms with E-state index >= 15 is 0 Å². The highest BCUT2D eigenvalue weighted by Crippen LogP contribution is 2.61. The number of aryl methyl sites for hydroxylation is 2. The minimum atomic E-state index is -0.345. The number of fused-ring (bicyclic) bond motifs is 3. The molecule has 3 saturated carbocycles. The smallest absolute Gasteiger partial charge is 0.261 e. The standard InChI is InChI=1S/C35H47FN6O3/c1-23-29-18-25(35(29,2)3)19-31(23)39-34(41-14-12-40(13-15-41)16-17-44-4)38-26-7-9-28-32(20-26)37-22-42(33(28)43)11-10-24-6-8-27(45-5)21-30(24)36/h6-9,20-23,25,29,31H,10-19H2,1-5H3,(H,38,39)/t23-,25-,29-,31?/m1/s1. The van der Waals surface area contributed by atoms with Gasteiger partial charge in [-0.1, -0.05) is 26.8 Å². The quantitative estimate of drug-likeness (QED) is 0.275. The zero-order chi connectivity index (χ0) is 31.7. The Bertz CT molecular complexity index is 1600. The van der Waals surface area contributed by atoms with Gasteiger partial charge in [0, 0.05) is 58.5 Å². The molecule has 3 aliphatic carbocycles. The normalized spacial score (nSPS) is 24.8. The summed E-state index contributed by atoms with van der Waals surface area (Å²) in [6.07, 6.45) is 4.42. The number of halogens is 1. The molecule has 0 radical (unpaired) electrons. The molecule has 0 amide bonds. The first-order valence-corrected chi connectivity index (χ1v) is 16.3. The highest BCUT2D eigenvalue weighted by Gasteiger charge is 2.56. The van der Waals surface area contributed by atoms with Gasteiger partial charge in [0.2, 0.25) is 0 Å². The van der Waals surface area contributed by atoms with Crippen molar-refractivity contribution < 1.29 is 13.9 Å². The molecule has 45 heavy (non-hydrogen) atoms. The zero-order valence-electron chi connectivity index (χ0n) is 27.3. The number of hydrogen-bond acceptors (Lipinski definition) is 6. The van der Waals surface area contributed by atoms with Crippen molar-refractivity contribution in [2.45, 2.75) is 52.6 Å². The third kappa shape index (κ3) is 6.45. The fourth-order valence-electron chi connectivity index (χ4n) is 7.70. The van der Waals surface area contributed by atoms with Crippen LogP contribution in [0.5, 0.6) is 5.75 Å². The first kappa shape index (κ1) is 31.5. The Kier molecular flexibility index (Phi) is 9.15. The average molecular weight is 619 g/mol. The molecule has 4 atom stereocenters. The van der Waals surface area contributed by atoms with E-state index in [4.69, 9.17) is 14.5 Å². The molecule has 9 nitrogen and oxygen atoms in total. The second-order valence-electron chi connectivity index (χ2n) is 13.6. The summed E-state index contributed by atoms with van der Waals surface area (Å²) in [6, 6.07) is 10.8. The molecule has 1 N–H and O–H groups in total. The van der Waals surface area contributed by atoms with Crippen molar-refractivity contribution in [3.05, 3.63) is 64.5 Å². The average Bonchev–Trinajstić information content (AvgIpc) is 3.04. The number of nitrogens with one attached hydrogen (secondary N) is 1. The van der Waals surface area contributed by atoms with Gasteiger partial charge in [0.05, 0.1) is 36.6 Å². The van der Waals surface area contributed by atoms with Crippen LogP contribution in [0.15, 0.2) is 52.5 Å². The minimum Gasteiger partial charge on any atom is -0.497 e. The molecule has 7 rings (SSSR count). The molecule has 3 aromatic rings. The molecule has 1 saturated heterocycles. The summed E-state index contributed by atoms with van der Waals surface area (Å²) in [7, 11) is 3.26. The number of methoxy groups -OCH3 is 2. The van der Waals surface area contributed by atoms with Crippen LogP contribution in [-0.4, -0.2) is 84.9 Å². The van der Waals surface area contributed by atoms with Crippen molar-refractivity contribution >= 4 is 22.5 Å². The van der Waals surface area contributed by atoms with Gasteiger partial charge in [-0.2, -0.15) is 0 Å². The molecule has 0 spiro atoms. The summed E-state index contributed by atoms with van der Waals surface area (Å²) in [5.41, 5.74) is 2.17. The molecule has 1 aliphatic heterocycles. The predicted octanol–water partition coefficient (Wildman–Crippen LogP) is 4.70. The number of benzene rings is 2. The van der Waals surface area contributed by atoms with E-state index in [0.29, 0.717) is 52.6 Å². The molecular formula is C35H47FN6O3. The molecule has 4 aliphatic rings. The highest BCUT2D eigenvalue weighted by molar-refractivity contribution is 5.86. The molecule has 4 fully saturated rings. The van der Waals surface area contributed by atoms with E-state index < -0.39 is 0 Å². The first-order chi connectivity index (χ1) is 21.7. The summed E-state index contributed by atoms with van der Waals surface area (Å²) in [4.78, 5) is 27.9. The summed E-state index contributed by atoms with van der Waals surface area (Å²) in [6.45, 7) is 13.0. The zero-order valence-corrected chi connectivity index (χ0v) is 27.3. The molecule has 2 heterocycles. The summed E-state index contributed by atoms with van der Waals surface area (Å²) >= 11 is 0. The van der Waals surface area contributed by atoms with Crippen LogP contribution < -0.4 is 15.6 Å². The summed E-state index contributed by atoms with van der Waals surface area (Å²) < 4.78 is 26.4. The monoisotopic (exact) mass is 618 g/mol. The van der Waals surface area contributed by atoms with Crippen molar-refractivity contribution in [3.8, 4) is 5.75 Å². The number of aliphatic imine (C=N–C) groups is 1. The Hall–Kier alpha value is -3.50. The fourth-order valence-corrected chi connectivity index (χ4v) is 7.70. The minimum absolute atomic E-state index is 0.146. The van der Waals surface area contributed by atoms with E-state index in [1.807, 2.05) is 18.2 Å². The number of hydrogen-bond donors (Lipinski definition) is 1. The maximum absolute atomic E-state index is 14.5. The predicted molar refractivity (Wildman–Crippen MR) is 176 cm³/mol. The molecule has 1 aromatic heterocycles. The first-order valence-electron chi connectivity index (χ1n) is 16.3. The van der Waals surface area contributed by atoms with Crippen LogP contribution in [0.25, 0.3) is 10.9 Å². The van der Waals surface area contributed by atoms with E-state index in [1.165, 1.54) is 19.6 Å². The molecular weight excluding hydrogens is 571 g/mol. The van der Waals surface area contributed by atoms with E-state index in [9.17, 15) is 9.18 Å². The Balaban J connectivity index is 1.22. The van der Waals surface area contributed by atoms with Crippen LogP contribution >= 0.6 is 0 Å². The van der Waals surface area contributed by atoms with E-state index in [-0.39, 0.29) is 11.4 Å². The lowest BCUT2D eigenvalue weighted by atomic mass is 9.45. The van der Waals surface area contributed by atoms with Gasteiger partial charge >= 0.3 is 0 Å². The van der Waals surface area contributed by atoms with Gasteiger partial charge in [-0.25, -0.2) is 14.4 Å². The van der Waals surface area contributed by atoms with Gasteiger partial charge in [-0.3, -0.25) is 14.3 Å². The van der Waals surface area contributed by atoms with Crippen molar-refractivity contribution in [1.82, 2.24) is 24.7 Å². The Labute approximate surface area is 265 Å². The van der Waals surface area contributed by atoms with Crippen LogP contribution in [-0.2, 0) is 17.7 Å². The third-order valence-corrected chi connectivity index (χ3v) is 10.9. The second-order valence-corrected chi connectivity index (χ2v) is 13.6. The van der Waals surface area contributed by atoms with Gasteiger partial charge < -0.3 is 19.7 Å². The van der Waals surface area contributed by atoms with Crippen molar-refractivity contribution in [3.63, 3.8) is 0 Å². The maximum atomic E-state index is 14.5. The van der Waals surface area contributed by atoms with Crippen LogP contribution in [0, 0.1) is 29.0 Å². The lowest BCUT2D eigenvalue weighted by molar-refractivity contribution is -0.112. The van der Waals surface area contributed by atoms with Crippen LogP contribution in [0.3, 0.4) is 0 Å². The highest BCUT2D eigenvalue weighted by atomic mass is 19.1. The molecule has 2 bridgehead atoms. The number of nitrogens with zero attached hydrogens (tertiary/aromatic N) is 5.